The molecule has 0 unspecified atom stereocenters. The van der Waals surface area contributed by atoms with Crippen LogP contribution >= 0.6 is 0 Å². The fraction of sp³-hybridized carbons (Fsp3) is 0.111. The minimum absolute atomic E-state index is 0.237. The highest BCUT2D eigenvalue weighted by atomic mass is 16.5. The van der Waals surface area contributed by atoms with Gasteiger partial charge in [0.15, 0.2) is 6.29 Å². The maximum atomic E-state index is 11.3. The van der Waals surface area contributed by atoms with Crippen LogP contribution in [0.25, 0.3) is 16.8 Å². The van der Waals surface area contributed by atoms with Crippen molar-refractivity contribution < 1.29 is 14.3 Å². The molecule has 4 aromatic heterocycles. The number of hydrogen-bond acceptors (Lipinski definition) is 6. The first-order valence-electron chi connectivity index (χ1n) is 7.85. The Hall–Kier alpha value is -3.68. The molecule has 26 heavy (non-hydrogen) atoms. The van der Waals surface area contributed by atoms with Gasteiger partial charge in [-0.3, -0.25) is 9.89 Å². The van der Waals surface area contributed by atoms with Crippen molar-refractivity contribution in [2.24, 2.45) is 0 Å². The van der Waals surface area contributed by atoms with Crippen LogP contribution in [0.5, 0.6) is 11.6 Å². The molecular weight excluding hydrogens is 334 g/mol. The molecule has 0 radical (unpaired) electrons. The number of nitrogens with one attached hydrogen (secondary N) is 1. The summed E-state index contributed by atoms with van der Waals surface area (Å²) < 4.78 is 12.8. The van der Waals surface area contributed by atoms with E-state index in [1.807, 2.05) is 29.1 Å². The number of imidazole rings is 1. The van der Waals surface area contributed by atoms with Crippen molar-refractivity contribution in [1.29, 1.82) is 0 Å². The van der Waals surface area contributed by atoms with Crippen molar-refractivity contribution in [2.75, 3.05) is 7.11 Å². The number of pyridine rings is 2. The molecule has 0 aliphatic carbocycles. The van der Waals surface area contributed by atoms with E-state index in [0.29, 0.717) is 23.5 Å². The van der Waals surface area contributed by atoms with Crippen LogP contribution < -0.4 is 9.47 Å². The number of ether oxygens (including phenoxy) is 2. The fourth-order valence-corrected chi connectivity index (χ4v) is 2.70. The number of hydrogen-bond donors (Lipinski definition) is 1. The van der Waals surface area contributed by atoms with Crippen molar-refractivity contribution in [3.8, 4) is 22.8 Å². The fourth-order valence-electron chi connectivity index (χ4n) is 2.70. The number of H-pyrrole nitrogens is 1. The highest BCUT2D eigenvalue weighted by Crippen LogP contribution is 2.25. The highest BCUT2D eigenvalue weighted by Gasteiger charge is 2.11. The summed E-state index contributed by atoms with van der Waals surface area (Å²) in [4.78, 5) is 19.8. The molecule has 4 aromatic rings. The first kappa shape index (κ1) is 15.8. The van der Waals surface area contributed by atoms with Crippen LogP contribution in [-0.4, -0.2) is 38.0 Å². The lowest BCUT2D eigenvalue weighted by atomic mass is 10.1. The van der Waals surface area contributed by atoms with Gasteiger partial charge in [-0.1, -0.05) is 0 Å². The molecular formula is C18H15N5O3. The van der Waals surface area contributed by atoms with Crippen LogP contribution in [0.4, 0.5) is 0 Å². The van der Waals surface area contributed by atoms with E-state index in [2.05, 4.69) is 20.2 Å². The topological polar surface area (TPSA) is 94.4 Å². The molecule has 0 spiro atoms. The number of aromatic nitrogens is 5. The van der Waals surface area contributed by atoms with Crippen LogP contribution in [0.3, 0.4) is 0 Å². The Kier molecular flexibility index (Phi) is 4.06. The molecule has 0 fully saturated rings. The monoisotopic (exact) mass is 349 g/mol. The van der Waals surface area contributed by atoms with E-state index in [1.165, 1.54) is 19.4 Å². The number of methoxy groups -OCH3 is 1. The number of carbonyl (C=O) groups is 1. The summed E-state index contributed by atoms with van der Waals surface area (Å²) in [6, 6.07) is 3.53. The molecule has 0 aliphatic heterocycles. The van der Waals surface area contributed by atoms with E-state index in [1.54, 1.807) is 12.4 Å². The van der Waals surface area contributed by atoms with Crippen molar-refractivity contribution in [1.82, 2.24) is 24.6 Å². The van der Waals surface area contributed by atoms with Gasteiger partial charge in [0.1, 0.15) is 18.0 Å². The lowest BCUT2D eigenvalue weighted by molar-refractivity contribution is 0.111. The number of carbonyl (C=O) groups excluding carboxylic acids is 1. The molecule has 4 rings (SSSR count). The molecule has 0 aromatic carbocycles. The van der Waals surface area contributed by atoms with E-state index in [4.69, 9.17) is 9.47 Å². The standard InChI is InChI=1S/C18H15N5O3/c1-25-17-5-13(10-24)16(8-20-17)26-11-14-4-12(15-6-21-22-7-15)9-23-3-2-19-18(14)23/h2-10H,11H2,1H3,(H,21,22). The number of aromatic amines is 1. The third-order valence-corrected chi connectivity index (χ3v) is 3.99. The maximum absolute atomic E-state index is 11.3. The van der Waals surface area contributed by atoms with Gasteiger partial charge in [0.05, 0.1) is 25.1 Å². The molecule has 0 atom stereocenters. The van der Waals surface area contributed by atoms with E-state index < -0.39 is 0 Å². The average molecular weight is 349 g/mol. The molecule has 8 heteroatoms. The summed E-state index contributed by atoms with van der Waals surface area (Å²) in [5, 5.41) is 6.80. The maximum Gasteiger partial charge on any atom is 0.213 e. The summed E-state index contributed by atoms with van der Waals surface area (Å²) in [6.07, 6.45) is 11.3. The van der Waals surface area contributed by atoms with Gasteiger partial charge in [0.2, 0.25) is 5.88 Å². The van der Waals surface area contributed by atoms with E-state index in [0.717, 1.165) is 22.3 Å². The summed E-state index contributed by atoms with van der Waals surface area (Å²) in [6.45, 7) is 0.237. The van der Waals surface area contributed by atoms with Crippen LogP contribution in [0.2, 0.25) is 0 Å². The Morgan fingerprint density at radius 2 is 2.15 bits per heavy atom. The summed E-state index contributed by atoms with van der Waals surface area (Å²) >= 11 is 0. The van der Waals surface area contributed by atoms with Crippen molar-refractivity contribution in [3.05, 3.63) is 60.4 Å². The van der Waals surface area contributed by atoms with Gasteiger partial charge in [-0.25, -0.2) is 9.97 Å². The van der Waals surface area contributed by atoms with Crippen molar-refractivity contribution in [3.63, 3.8) is 0 Å². The molecule has 0 aliphatic rings. The minimum atomic E-state index is 0.237. The van der Waals surface area contributed by atoms with Crippen LogP contribution in [-0.2, 0) is 6.61 Å². The van der Waals surface area contributed by atoms with Gasteiger partial charge in [0, 0.05) is 47.5 Å². The second kappa shape index (κ2) is 6.67. The smallest absolute Gasteiger partial charge is 0.213 e. The Balaban J connectivity index is 1.67. The lowest BCUT2D eigenvalue weighted by Crippen LogP contribution is -2.02. The van der Waals surface area contributed by atoms with Gasteiger partial charge in [-0.2, -0.15) is 5.10 Å². The number of rotatable bonds is 6. The zero-order valence-corrected chi connectivity index (χ0v) is 13.9. The van der Waals surface area contributed by atoms with Gasteiger partial charge in [-0.05, 0) is 6.07 Å². The molecule has 0 amide bonds. The van der Waals surface area contributed by atoms with Crippen LogP contribution in [0, 0.1) is 0 Å². The minimum Gasteiger partial charge on any atom is -0.486 e. The normalized spacial score (nSPS) is 10.8. The van der Waals surface area contributed by atoms with Crippen LogP contribution in [0.15, 0.2) is 49.3 Å². The van der Waals surface area contributed by atoms with Gasteiger partial charge < -0.3 is 13.9 Å². The van der Waals surface area contributed by atoms with Crippen molar-refractivity contribution in [2.45, 2.75) is 6.61 Å². The Bertz CT molecular complexity index is 1060. The SMILES string of the molecule is COc1cc(C=O)c(OCc2cc(-c3cn[nH]c3)cn3ccnc23)cn1. The summed E-state index contributed by atoms with van der Waals surface area (Å²) in [5.41, 5.74) is 3.97. The first-order chi connectivity index (χ1) is 12.8. The van der Waals surface area contributed by atoms with Gasteiger partial charge in [-0.15, -0.1) is 0 Å². The second-order valence-corrected chi connectivity index (χ2v) is 5.57. The quantitative estimate of drug-likeness (QED) is 0.538. The van der Waals surface area contributed by atoms with Crippen molar-refractivity contribution >= 4 is 11.9 Å². The summed E-state index contributed by atoms with van der Waals surface area (Å²) in [7, 11) is 1.49. The number of fused-ring (bicyclic) bond motifs is 1. The Morgan fingerprint density at radius 3 is 2.92 bits per heavy atom. The molecule has 1 N–H and O–H groups in total. The Morgan fingerprint density at radius 1 is 1.23 bits per heavy atom. The average Bonchev–Trinajstić information content (AvgIpc) is 3.37. The third kappa shape index (κ3) is 2.88. The predicted molar refractivity (Wildman–Crippen MR) is 93.3 cm³/mol. The largest absolute Gasteiger partial charge is 0.486 e. The zero-order chi connectivity index (χ0) is 17.9. The summed E-state index contributed by atoms with van der Waals surface area (Å²) in [5.74, 6) is 0.747. The number of nitrogens with zero attached hydrogens (tertiary/aromatic N) is 4. The second-order valence-electron chi connectivity index (χ2n) is 5.57. The molecule has 0 saturated carbocycles. The predicted octanol–water partition coefficient (Wildman–Crippen LogP) is 2.52. The molecule has 8 nitrogen and oxygen atoms in total. The highest BCUT2D eigenvalue weighted by molar-refractivity contribution is 5.79. The van der Waals surface area contributed by atoms with E-state index in [-0.39, 0.29) is 6.61 Å². The Labute approximate surface area is 148 Å². The van der Waals surface area contributed by atoms with E-state index in [9.17, 15) is 4.79 Å². The number of aldehydes is 1. The third-order valence-electron chi connectivity index (χ3n) is 3.99. The molecule has 4 heterocycles. The van der Waals surface area contributed by atoms with E-state index >= 15 is 0 Å². The van der Waals surface area contributed by atoms with Gasteiger partial charge in [0.25, 0.3) is 0 Å². The molecule has 0 saturated heterocycles. The zero-order valence-electron chi connectivity index (χ0n) is 13.9. The lowest BCUT2D eigenvalue weighted by Gasteiger charge is -2.11. The first-order valence-corrected chi connectivity index (χ1v) is 7.85. The molecule has 130 valence electrons. The molecule has 0 bridgehead atoms. The van der Waals surface area contributed by atoms with Gasteiger partial charge >= 0.3 is 0 Å². The van der Waals surface area contributed by atoms with Crippen LogP contribution in [0.1, 0.15) is 15.9 Å².